The Morgan fingerprint density at radius 3 is 2.12 bits per heavy atom. The maximum atomic E-state index is 12.7. The molecule has 0 amide bonds. The van der Waals surface area contributed by atoms with Crippen molar-refractivity contribution < 1.29 is 17.6 Å². The topological polar surface area (TPSA) is 54.5 Å². The third-order valence-corrected chi connectivity index (χ3v) is 4.64. The molecule has 0 atom stereocenters. The molecule has 4 nitrogen and oxygen atoms in total. The normalized spacial score (nSPS) is 18.3. The van der Waals surface area contributed by atoms with Crippen molar-refractivity contribution in [3.8, 4) is 0 Å². The van der Waals surface area contributed by atoms with Gasteiger partial charge in [0.15, 0.2) is 0 Å². The Kier molecular flexibility index (Phi) is 3.26. The number of rotatable bonds is 2. The molecular weight excluding hydrogens is 245 g/mol. The highest BCUT2D eigenvalue weighted by atomic mass is 32.2. The second-order valence-electron chi connectivity index (χ2n) is 3.90. The smallest absolute Gasteiger partial charge is 0.243 e. The van der Waals surface area contributed by atoms with Gasteiger partial charge < -0.3 is 0 Å². The fourth-order valence-electron chi connectivity index (χ4n) is 1.73. The molecule has 17 heavy (non-hydrogen) atoms. The molecule has 6 heteroatoms. The highest BCUT2D eigenvalue weighted by Crippen LogP contribution is 2.19. The average Bonchev–Trinajstić information content (AvgIpc) is 2.30. The SMILES string of the molecule is O=C1CCN(S(=O)(=O)c2ccc(F)cc2)CC1. The van der Waals surface area contributed by atoms with E-state index in [9.17, 15) is 17.6 Å². The van der Waals surface area contributed by atoms with E-state index in [0.717, 1.165) is 12.1 Å². The van der Waals surface area contributed by atoms with Gasteiger partial charge in [0.05, 0.1) is 4.90 Å². The van der Waals surface area contributed by atoms with E-state index < -0.39 is 15.8 Å². The van der Waals surface area contributed by atoms with E-state index in [2.05, 4.69) is 0 Å². The fraction of sp³-hybridized carbons (Fsp3) is 0.364. The molecule has 0 radical (unpaired) electrons. The Morgan fingerprint density at radius 1 is 1.06 bits per heavy atom. The summed E-state index contributed by atoms with van der Waals surface area (Å²) in [5.41, 5.74) is 0. The number of hydrogen-bond donors (Lipinski definition) is 0. The molecule has 0 spiro atoms. The zero-order valence-electron chi connectivity index (χ0n) is 9.10. The Hall–Kier alpha value is -1.27. The van der Waals surface area contributed by atoms with Crippen LogP contribution in [-0.2, 0) is 14.8 Å². The van der Waals surface area contributed by atoms with Crippen LogP contribution in [0, 0.1) is 5.82 Å². The van der Waals surface area contributed by atoms with Crippen LogP contribution in [0.4, 0.5) is 4.39 Å². The number of piperidine rings is 1. The molecule has 92 valence electrons. The molecule has 1 saturated heterocycles. The molecule has 1 aromatic carbocycles. The van der Waals surface area contributed by atoms with Gasteiger partial charge >= 0.3 is 0 Å². The number of hydrogen-bond acceptors (Lipinski definition) is 3. The second-order valence-corrected chi connectivity index (χ2v) is 5.83. The summed E-state index contributed by atoms with van der Waals surface area (Å²) < 4.78 is 38.2. The maximum Gasteiger partial charge on any atom is 0.243 e. The van der Waals surface area contributed by atoms with E-state index in [4.69, 9.17) is 0 Å². The van der Waals surface area contributed by atoms with Gasteiger partial charge in [-0.1, -0.05) is 0 Å². The van der Waals surface area contributed by atoms with E-state index in [-0.39, 0.29) is 36.6 Å². The Morgan fingerprint density at radius 2 is 1.59 bits per heavy atom. The molecule has 0 N–H and O–H groups in total. The minimum Gasteiger partial charge on any atom is -0.300 e. The van der Waals surface area contributed by atoms with Crippen LogP contribution >= 0.6 is 0 Å². The lowest BCUT2D eigenvalue weighted by atomic mass is 10.1. The number of Topliss-reactive ketones (excluding diaryl/α,β-unsaturated/α-hetero) is 1. The molecule has 2 rings (SSSR count). The van der Waals surface area contributed by atoms with E-state index in [1.54, 1.807) is 0 Å². The summed E-state index contributed by atoms with van der Waals surface area (Å²) in [5, 5.41) is 0. The molecule has 1 aliphatic rings. The van der Waals surface area contributed by atoms with Crippen molar-refractivity contribution in [1.82, 2.24) is 4.31 Å². The fourth-order valence-corrected chi connectivity index (χ4v) is 3.17. The van der Waals surface area contributed by atoms with Gasteiger partial charge in [0.25, 0.3) is 0 Å². The van der Waals surface area contributed by atoms with Gasteiger partial charge in [-0.3, -0.25) is 4.79 Å². The lowest BCUT2D eigenvalue weighted by Gasteiger charge is -2.25. The highest BCUT2D eigenvalue weighted by Gasteiger charge is 2.28. The van der Waals surface area contributed by atoms with E-state index in [1.807, 2.05) is 0 Å². The van der Waals surface area contributed by atoms with E-state index in [0.29, 0.717) is 0 Å². The molecule has 1 aromatic rings. The number of benzene rings is 1. The number of carbonyl (C=O) groups is 1. The van der Waals surface area contributed by atoms with Crippen molar-refractivity contribution in [2.24, 2.45) is 0 Å². The summed E-state index contributed by atoms with van der Waals surface area (Å²) in [6.45, 7) is 0.414. The van der Waals surface area contributed by atoms with Crippen LogP contribution in [0.2, 0.25) is 0 Å². The first-order valence-corrected chi connectivity index (χ1v) is 6.71. The van der Waals surface area contributed by atoms with Gasteiger partial charge in [-0.25, -0.2) is 12.8 Å². The molecule has 0 aliphatic carbocycles. The van der Waals surface area contributed by atoms with Gasteiger partial charge in [-0.2, -0.15) is 4.31 Å². The van der Waals surface area contributed by atoms with Crippen LogP contribution in [0.3, 0.4) is 0 Å². The number of sulfonamides is 1. The molecule has 0 saturated carbocycles. The second kappa shape index (κ2) is 4.54. The van der Waals surface area contributed by atoms with Crippen LogP contribution in [0.5, 0.6) is 0 Å². The van der Waals surface area contributed by atoms with Gasteiger partial charge in [-0.05, 0) is 24.3 Å². The molecule has 0 bridgehead atoms. The zero-order valence-corrected chi connectivity index (χ0v) is 9.91. The first-order chi connectivity index (χ1) is 8.00. The predicted octanol–water partition coefficient (Wildman–Crippen LogP) is 1.18. The van der Waals surface area contributed by atoms with Gasteiger partial charge in [-0.15, -0.1) is 0 Å². The molecule has 1 aliphatic heterocycles. The van der Waals surface area contributed by atoms with Crippen LogP contribution in [-0.4, -0.2) is 31.6 Å². The predicted molar refractivity (Wildman–Crippen MR) is 59.4 cm³/mol. The van der Waals surface area contributed by atoms with E-state index >= 15 is 0 Å². The van der Waals surface area contributed by atoms with Crippen molar-refractivity contribution in [3.63, 3.8) is 0 Å². The first-order valence-electron chi connectivity index (χ1n) is 5.27. The summed E-state index contributed by atoms with van der Waals surface area (Å²) >= 11 is 0. The first kappa shape index (κ1) is 12.2. The number of ketones is 1. The molecule has 1 fully saturated rings. The largest absolute Gasteiger partial charge is 0.300 e. The van der Waals surface area contributed by atoms with Gasteiger partial charge in [0.2, 0.25) is 10.0 Å². The van der Waals surface area contributed by atoms with Gasteiger partial charge in [0, 0.05) is 25.9 Å². The standard InChI is InChI=1S/C11H12FNO3S/c12-9-1-3-11(4-2-9)17(15,16)13-7-5-10(14)6-8-13/h1-4H,5-8H2. The Labute approximate surface area is 99.1 Å². The lowest BCUT2D eigenvalue weighted by Crippen LogP contribution is -2.38. The number of halogens is 1. The van der Waals surface area contributed by atoms with Gasteiger partial charge in [0.1, 0.15) is 11.6 Å². The number of carbonyl (C=O) groups excluding carboxylic acids is 1. The van der Waals surface area contributed by atoms with Crippen molar-refractivity contribution >= 4 is 15.8 Å². The quantitative estimate of drug-likeness (QED) is 0.799. The number of nitrogens with zero attached hydrogens (tertiary/aromatic N) is 1. The van der Waals surface area contributed by atoms with Crippen molar-refractivity contribution in [2.75, 3.05) is 13.1 Å². The summed E-state index contributed by atoms with van der Waals surface area (Å²) in [4.78, 5) is 11.1. The van der Waals surface area contributed by atoms with Crippen LogP contribution < -0.4 is 0 Å². The molecule has 1 heterocycles. The van der Waals surface area contributed by atoms with Crippen LogP contribution in [0.15, 0.2) is 29.2 Å². The average molecular weight is 257 g/mol. The summed E-state index contributed by atoms with van der Waals surface area (Å²) in [7, 11) is -3.59. The third kappa shape index (κ3) is 2.53. The third-order valence-electron chi connectivity index (χ3n) is 2.73. The lowest BCUT2D eigenvalue weighted by molar-refractivity contribution is -0.120. The van der Waals surface area contributed by atoms with E-state index in [1.165, 1.54) is 16.4 Å². The zero-order chi connectivity index (χ0) is 12.5. The summed E-state index contributed by atoms with van der Waals surface area (Å²) in [5.74, 6) is -0.395. The minimum atomic E-state index is -3.59. The molecule has 0 unspecified atom stereocenters. The molecule has 0 aromatic heterocycles. The highest BCUT2D eigenvalue weighted by molar-refractivity contribution is 7.89. The van der Waals surface area contributed by atoms with Crippen molar-refractivity contribution in [2.45, 2.75) is 17.7 Å². The Balaban J connectivity index is 2.24. The monoisotopic (exact) mass is 257 g/mol. The van der Waals surface area contributed by atoms with Crippen molar-refractivity contribution in [3.05, 3.63) is 30.1 Å². The Bertz CT molecular complexity index is 514. The van der Waals surface area contributed by atoms with Crippen LogP contribution in [0.1, 0.15) is 12.8 Å². The summed E-state index contributed by atoms with van der Waals surface area (Å²) in [6.07, 6.45) is 0.501. The van der Waals surface area contributed by atoms with Crippen LogP contribution in [0.25, 0.3) is 0 Å². The minimum absolute atomic E-state index is 0.0632. The molecular formula is C11H12FNO3S. The summed E-state index contributed by atoms with van der Waals surface area (Å²) in [6, 6.07) is 4.70. The van der Waals surface area contributed by atoms with Crippen molar-refractivity contribution in [1.29, 1.82) is 0 Å². The maximum absolute atomic E-state index is 12.7.